The van der Waals surface area contributed by atoms with E-state index in [4.69, 9.17) is 17.0 Å². The summed E-state index contributed by atoms with van der Waals surface area (Å²) in [5, 5.41) is 0. The van der Waals surface area contributed by atoms with Crippen LogP contribution in [0.25, 0.3) is 12.2 Å². The molecular weight excluding hydrogens is 498 g/mol. The van der Waals surface area contributed by atoms with Crippen LogP contribution in [-0.2, 0) is 15.9 Å². The molecule has 164 valence electrons. The van der Waals surface area contributed by atoms with Crippen molar-refractivity contribution in [2.75, 3.05) is 0 Å². The van der Waals surface area contributed by atoms with Crippen LogP contribution in [0.3, 0.4) is 0 Å². The Hall–Kier alpha value is -0.747. The van der Waals surface area contributed by atoms with E-state index in [2.05, 4.69) is 113 Å². The maximum absolute atomic E-state index is 8.09. The van der Waals surface area contributed by atoms with Crippen LogP contribution in [-0.4, -0.2) is 3.71 Å². The Labute approximate surface area is 196 Å². The van der Waals surface area contributed by atoms with Crippen LogP contribution in [0.4, 0.5) is 0 Å². The summed E-state index contributed by atoms with van der Waals surface area (Å²) in [4.78, 5) is 0. The van der Waals surface area contributed by atoms with Gasteiger partial charge in [-0.2, -0.15) is 0 Å². The molecule has 3 heteroatoms. The third-order valence-corrected chi connectivity index (χ3v) is 26.2. The summed E-state index contributed by atoms with van der Waals surface area (Å²) < 4.78 is 2.39. The van der Waals surface area contributed by atoms with E-state index in [0.29, 0.717) is 0 Å². The first-order valence-electron chi connectivity index (χ1n) is 11.3. The Kier molecular flexibility index (Phi) is 5.57. The van der Waals surface area contributed by atoms with Gasteiger partial charge in [-0.1, -0.05) is 0 Å². The molecule has 0 amide bonds. The molecule has 0 bridgehead atoms. The number of rotatable bonds is 2. The van der Waals surface area contributed by atoms with Crippen LogP contribution in [0.2, 0.25) is 0 Å². The van der Waals surface area contributed by atoms with Crippen LogP contribution < -0.4 is 0 Å². The molecule has 4 rings (SSSR count). The maximum atomic E-state index is 8.09. The summed E-state index contributed by atoms with van der Waals surface area (Å²) in [5.74, 6) is 0. The fourth-order valence-corrected chi connectivity index (χ4v) is 23.3. The second-order valence-electron chi connectivity index (χ2n) is 11.3. The zero-order chi connectivity index (χ0) is 22.8. The first-order chi connectivity index (χ1) is 14.3. The van der Waals surface area contributed by atoms with Gasteiger partial charge in [-0.3, -0.25) is 0 Å². The summed E-state index contributed by atoms with van der Waals surface area (Å²) >= 11 is -4.73. The fourth-order valence-electron chi connectivity index (χ4n) is 5.63. The van der Waals surface area contributed by atoms with Gasteiger partial charge in [0.15, 0.2) is 0 Å². The van der Waals surface area contributed by atoms with Crippen molar-refractivity contribution in [2.45, 2.75) is 55.7 Å². The molecule has 2 atom stereocenters. The third-order valence-electron chi connectivity index (χ3n) is 7.24. The molecule has 2 aromatic carbocycles. The molecule has 0 saturated carbocycles. The van der Waals surface area contributed by atoms with Gasteiger partial charge in [0, 0.05) is 0 Å². The van der Waals surface area contributed by atoms with Gasteiger partial charge in [0.2, 0.25) is 0 Å². The molecule has 0 fully saturated rings. The zero-order valence-corrected chi connectivity index (χ0v) is 23.7. The Morgan fingerprint density at radius 2 is 1.03 bits per heavy atom. The molecule has 0 heterocycles. The zero-order valence-electron chi connectivity index (χ0n) is 19.8. The number of fused-ring (bicyclic) bond motifs is 2. The van der Waals surface area contributed by atoms with Gasteiger partial charge in [0.1, 0.15) is 0 Å². The van der Waals surface area contributed by atoms with Crippen LogP contribution in [0.5, 0.6) is 0 Å². The topological polar surface area (TPSA) is 0 Å². The van der Waals surface area contributed by atoms with E-state index in [1.165, 1.54) is 33.4 Å². The van der Waals surface area contributed by atoms with Crippen molar-refractivity contribution in [1.82, 2.24) is 0 Å². The van der Waals surface area contributed by atoms with E-state index in [9.17, 15) is 0 Å². The van der Waals surface area contributed by atoms with Crippen molar-refractivity contribution in [3.8, 4) is 0 Å². The van der Waals surface area contributed by atoms with Gasteiger partial charge in [-0.15, -0.1) is 0 Å². The Bertz CT molecular complexity index is 1090. The molecule has 2 aliphatic carbocycles. The molecule has 0 radical (unpaired) electrons. The van der Waals surface area contributed by atoms with Crippen LogP contribution in [0.1, 0.15) is 78.0 Å². The van der Waals surface area contributed by atoms with Gasteiger partial charge < -0.3 is 0 Å². The van der Waals surface area contributed by atoms with Crippen molar-refractivity contribution < 1.29 is 15.9 Å². The first kappa shape index (κ1) is 23.4. The number of hydrogen-bond donors (Lipinski definition) is 0. The van der Waals surface area contributed by atoms with Gasteiger partial charge in [-0.25, -0.2) is 0 Å². The van der Waals surface area contributed by atoms with Gasteiger partial charge in [-0.05, 0) is 0 Å². The molecule has 2 unspecified atom stereocenters. The summed E-state index contributed by atoms with van der Waals surface area (Å²) in [7, 11) is 16.2. The normalized spacial score (nSPS) is 21.4. The summed E-state index contributed by atoms with van der Waals surface area (Å²) in [6.45, 7) is 15.9. The number of benzene rings is 2. The molecule has 0 saturated heterocycles. The Morgan fingerprint density at radius 3 is 1.35 bits per heavy atom. The quantitative estimate of drug-likeness (QED) is 0.362. The standard InChI is InChI=1S/2C13H15.C2H4.2ClH.Zr/c2*1-13(2,3)12-8-10-6-4-5-7-11(10)9-12;1-2;;;/h2*4-9H,1-3H3;1H,2H3;2*1H;/q;;;;;+2/p-2. The molecule has 31 heavy (non-hydrogen) atoms. The second-order valence-corrected chi connectivity index (χ2v) is 32.7. The van der Waals surface area contributed by atoms with Gasteiger partial charge >= 0.3 is 197 Å². The van der Waals surface area contributed by atoms with E-state index < -0.39 is 15.9 Å². The second kappa shape index (κ2) is 7.38. The van der Waals surface area contributed by atoms with Crippen molar-refractivity contribution >= 4 is 32.9 Å². The molecule has 0 N–H and O–H groups in total. The predicted molar refractivity (Wildman–Crippen MR) is 137 cm³/mol. The van der Waals surface area contributed by atoms with Gasteiger partial charge in [0.25, 0.3) is 0 Å². The van der Waals surface area contributed by atoms with E-state index in [1.807, 2.05) is 0 Å². The molecule has 0 nitrogen and oxygen atoms in total. The van der Waals surface area contributed by atoms with Crippen molar-refractivity contribution in [2.24, 2.45) is 10.8 Å². The van der Waals surface area contributed by atoms with Gasteiger partial charge in [0.05, 0.1) is 0 Å². The van der Waals surface area contributed by atoms with Crippen molar-refractivity contribution in [3.63, 3.8) is 0 Å². The average molecular weight is 533 g/mol. The van der Waals surface area contributed by atoms with E-state index in [1.54, 1.807) is 0 Å². The Morgan fingerprint density at radius 1 is 0.677 bits per heavy atom. The van der Waals surface area contributed by atoms with Crippen molar-refractivity contribution in [1.29, 1.82) is 0 Å². The molecule has 0 aliphatic heterocycles. The van der Waals surface area contributed by atoms with E-state index in [0.717, 1.165) is 0 Å². The fraction of sp³-hybridized carbons (Fsp3) is 0.393. The predicted octanol–water partition coefficient (Wildman–Crippen LogP) is 9.17. The third kappa shape index (κ3) is 3.64. The summed E-state index contributed by atoms with van der Waals surface area (Å²) in [5.41, 5.74) is 7.87. The molecule has 2 aliphatic rings. The van der Waals surface area contributed by atoms with Crippen LogP contribution in [0, 0.1) is 10.8 Å². The summed E-state index contributed by atoms with van der Waals surface area (Å²) in [6.07, 6.45) is 4.73. The molecule has 0 spiro atoms. The minimum atomic E-state index is -4.73. The van der Waals surface area contributed by atoms with Crippen LogP contribution >= 0.6 is 17.0 Å². The van der Waals surface area contributed by atoms with E-state index in [-0.39, 0.29) is 18.1 Å². The molecular formula is C28H34Cl2Zr. The van der Waals surface area contributed by atoms with Crippen molar-refractivity contribution in [3.05, 3.63) is 81.9 Å². The summed E-state index contributed by atoms with van der Waals surface area (Å²) in [6, 6.07) is 17.4. The van der Waals surface area contributed by atoms with Crippen LogP contribution in [0.15, 0.2) is 59.7 Å². The van der Waals surface area contributed by atoms with E-state index >= 15 is 0 Å². The average Bonchev–Trinajstić information content (AvgIpc) is 3.28. The SMILES string of the molecule is C[CH]=[Zr]([Cl])([Cl])([CH]1C(C(C)(C)C)=Cc2ccccc21)[CH]1C(C(C)(C)C)=Cc2ccccc21. The number of halogens is 2. The molecule has 2 aromatic rings. The minimum absolute atomic E-state index is 0.0186. The monoisotopic (exact) mass is 530 g/mol. The number of hydrogen-bond acceptors (Lipinski definition) is 0. The first-order valence-corrected chi connectivity index (χ1v) is 21.9. The Balaban J connectivity index is 2.06. The molecule has 0 aromatic heterocycles. The number of allylic oxidation sites excluding steroid dienone is 2.